The number of fused-ring (bicyclic) bond motifs is 1. The van der Waals surface area contributed by atoms with E-state index in [2.05, 4.69) is 5.43 Å². The number of rotatable bonds is 4. The minimum Gasteiger partial charge on any atom is -0.289 e. The van der Waals surface area contributed by atoms with E-state index in [1.54, 1.807) is 36.3 Å². The minimum absolute atomic E-state index is 0.0762. The topological polar surface area (TPSA) is 69.7 Å². The normalized spacial score (nSPS) is 21.4. The molecule has 2 aromatic rings. The molecule has 0 radical (unpaired) electrons. The Kier molecular flexibility index (Phi) is 4.86. The number of carbonyl (C=O) groups excluding carboxylic acids is 3. The molecule has 6 heteroatoms. The molecule has 0 bridgehead atoms. The quantitative estimate of drug-likeness (QED) is 0.657. The summed E-state index contributed by atoms with van der Waals surface area (Å²) in [6.45, 7) is 0. The van der Waals surface area contributed by atoms with E-state index >= 15 is 0 Å². The second kappa shape index (κ2) is 7.46. The third-order valence-corrected chi connectivity index (χ3v) is 5.63. The van der Waals surface area contributed by atoms with Gasteiger partial charge in [-0.3, -0.25) is 29.7 Å². The molecule has 0 unspecified atom stereocenters. The number of nitrogens with one attached hydrogen (secondary N) is 1. The highest BCUT2D eigenvalue weighted by Crippen LogP contribution is 2.33. The standard InChI is InChI=1S/C22H23N3O3/c1-24(16-9-3-2-4-10-16)23-20(26)15-8-7-11-17(14-15)25-21(27)18-12-5-6-13-19(18)22(25)28/h2-6,9-10,12-13,15,17H,7-8,11,14H2,1H3,(H,23,26)/t15-,17+/m0/s1. The first-order valence-electron chi connectivity index (χ1n) is 9.62. The van der Waals surface area contributed by atoms with E-state index in [9.17, 15) is 14.4 Å². The van der Waals surface area contributed by atoms with Crippen molar-refractivity contribution in [1.29, 1.82) is 0 Å². The summed E-state index contributed by atoms with van der Waals surface area (Å²) in [5, 5.41) is 1.70. The number of hydrogen-bond acceptors (Lipinski definition) is 4. The van der Waals surface area contributed by atoms with Crippen LogP contribution in [0.3, 0.4) is 0 Å². The summed E-state index contributed by atoms with van der Waals surface area (Å²) in [7, 11) is 1.80. The summed E-state index contributed by atoms with van der Waals surface area (Å²) < 4.78 is 0. The van der Waals surface area contributed by atoms with Gasteiger partial charge in [0, 0.05) is 19.0 Å². The highest BCUT2D eigenvalue weighted by molar-refractivity contribution is 6.21. The Bertz CT molecular complexity index is 877. The number of hydrazine groups is 1. The van der Waals surface area contributed by atoms with Crippen molar-refractivity contribution in [3.05, 3.63) is 65.7 Å². The third-order valence-electron chi connectivity index (χ3n) is 5.63. The Hall–Kier alpha value is -3.15. The summed E-state index contributed by atoms with van der Waals surface area (Å²) in [4.78, 5) is 39.6. The lowest BCUT2D eigenvalue weighted by Gasteiger charge is -2.34. The zero-order chi connectivity index (χ0) is 19.7. The smallest absolute Gasteiger partial charge is 0.261 e. The predicted molar refractivity (Wildman–Crippen MR) is 106 cm³/mol. The summed E-state index contributed by atoms with van der Waals surface area (Å²) in [5.41, 5.74) is 4.74. The molecule has 1 aliphatic carbocycles. The first-order chi connectivity index (χ1) is 13.6. The highest BCUT2D eigenvalue weighted by atomic mass is 16.2. The van der Waals surface area contributed by atoms with Crippen LogP contribution in [0.15, 0.2) is 54.6 Å². The molecule has 2 aliphatic rings. The monoisotopic (exact) mass is 377 g/mol. The Morgan fingerprint density at radius 2 is 1.57 bits per heavy atom. The second-order valence-electron chi connectivity index (χ2n) is 7.41. The van der Waals surface area contributed by atoms with Crippen molar-refractivity contribution in [2.45, 2.75) is 31.7 Å². The van der Waals surface area contributed by atoms with Crippen molar-refractivity contribution >= 4 is 23.4 Å². The van der Waals surface area contributed by atoms with Gasteiger partial charge in [-0.05, 0) is 43.5 Å². The number of para-hydroxylation sites is 1. The number of carbonyl (C=O) groups is 3. The molecule has 1 saturated carbocycles. The maximum Gasteiger partial charge on any atom is 0.261 e. The number of amides is 3. The van der Waals surface area contributed by atoms with Crippen LogP contribution in [0.5, 0.6) is 0 Å². The SMILES string of the molecule is CN(NC(=O)[C@H]1CCC[C@@H](N2C(=O)c3ccccc3C2=O)C1)c1ccccc1. The minimum atomic E-state index is -0.243. The van der Waals surface area contributed by atoms with Crippen molar-refractivity contribution in [1.82, 2.24) is 10.3 Å². The Labute approximate surface area is 164 Å². The number of nitrogens with zero attached hydrogens (tertiary/aromatic N) is 2. The van der Waals surface area contributed by atoms with Gasteiger partial charge in [-0.2, -0.15) is 0 Å². The lowest BCUT2D eigenvalue weighted by molar-refractivity contribution is -0.126. The van der Waals surface area contributed by atoms with Gasteiger partial charge in [0.05, 0.1) is 16.8 Å². The van der Waals surface area contributed by atoms with Crippen LogP contribution in [0.1, 0.15) is 46.4 Å². The van der Waals surface area contributed by atoms with Crippen LogP contribution < -0.4 is 10.4 Å². The average Bonchev–Trinajstić information content (AvgIpc) is 2.99. The largest absolute Gasteiger partial charge is 0.289 e. The van der Waals surface area contributed by atoms with Crippen molar-refractivity contribution in [2.75, 3.05) is 12.1 Å². The van der Waals surface area contributed by atoms with Crippen molar-refractivity contribution in [3.8, 4) is 0 Å². The van der Waals surface area contributed by atoms with Crippen molar-refractivity contribution in [3.63, 3.8) is 0 Å². The molecule has 6 nitrogen and oxygen atoms in total. The number of benzene rings is 2. The molecule has 2 aromatic carbocycles. The molecule has 0 spiro atoms. The molecule has 1 N–H and O–H groups in total. The maximum absolute atomic E-state index is 12.8. The summed E-state index contributed by atoms with van der Waals surface area (Å²) in [6.07, 6.45) is 2.81. The fourth-order valence-electron chi connectivity index (χ4n) is 4.15. The summed E-state index contributed by atoms with van der Waals surface area (Å²) in [5.74, 6) is -0.789. The Balaban J connectivity index is 1.44. The highest BCUT2D eigenvalue weighted by Gasteiger charge is 2.42. The molecular formula is C22H23N3O3. The van der Waals surface area contributed by atoms with Gasteiger partial charge >= 0.3 is 0 Å². The van der Waals surface area contributed by atoms with Crippen LogP contribution in [-0.4, -0.2) is 35.7 Å². The van der Waals surface area contributed by atoms with Gasteiger partial charge in [-0.25, -0.2) is 0 Å². The fourth-order valence-corrected chi connectivity index (χ4v) is 4.15. The van der Waals surface area contributed by atoms with Crippen LogP contribution in [0.25, 0.3) is 0 Å². The van der Waals surface area contributed by atoms with Gasteiger partial charge in [0.2, 0.25) is 5.91 Å². The van der Waals surface area contributed by atoms with Gasteiger partial charge in [-0.15, -0.1) is 0 Å². The van der Waals surface area contributed by atoms with Gasteiger partial charge in [0.1, 0.15) is 0 Å². The molecule has 4 rings (SSSR count). The molecule has 1 fully saturated rings. The Morgan fingerprint density at radius 1 is 0.964 bits per heavy atom. The molecule has 1 heterocycles. The third kappa shape index (κ3) is 3.26. The van der Waals surface area contributed by atoms with Crippen LogP contribution in [0.4, 0.5) is 5.69 Å². The van der Waals surface area contributed by atoms with E-state index in [0.29, 0.717) is 17.5 Å². The van der Waals surface area contributed by atoms with Crippen LogP contribution in [0, 0.1) is 5.92 Å². The van der Waals surface area contributed by atoms with Gasteiger partial charge in [-0.1, -0.05) is 36.8 Å². The predicted octanol–water partition coefficient (Wildman–Crippen LogP) is 3.01. The first-order valence-corrected chi connectivity index (χ1v) is 9.62. The maximum atomic E-state index is 12.8. The molecule has 28 heavy (non-hydrogen) atoms. The van der Waals surface area contributed by atoms with Gasteiger partial charge in [0.25, 0.3) is 11.8 Å². The van der Waals surface area contributed by atoms with Gasteiger partial charge < -0.3 is 0 Å². The first kappa shape index (κ1) is 18.2. The second-order valence-corrected chi connectivity index (χ2v) is 7.41. The van der Waals surface area contributed by atoms with Crippen LogP contribution in [-0.2, 0) is 4.79 Å². The van der Waals surface area contributed by atoms with E-state index in [1.165, 1.54) is 4.90 Å². The zero-order valence-electron chi connectivity index (χ0n) is 15.8. The van der Waals surface area contributed by atoms with Crippen molar-refractivity contribution < 1.29 is 14.4 Å². The molecule has 144 valence electrons. The molecule has 0 saturated heterocycles. The number of hydrogen-bond donors (Lipinski definition) is 1. The molecule has 1 aliphatic heterocycles. The lowest BCUT2D eigenvalue weighted by Crippen LogP contribution is -2.48. The average molecular weight is 377 g/mol. The van der Waals surface area contributed by atoms with Crippen LogP contribution >= 0.6 is 0 Å². The molecule has 3 amide bonds. The van der Waals surface area contributed by atoms with Gasteiger partial charge in [0.15, 0.2) is 0 Å². The summed E-state index contributed by atoms with van der Waals surface area (Å²) in [6, 6.07) is 16.3. The van der Waals surface area contributed by atoms with E-state index in [1.807, 2.05) is 30.3 Å². The van der Waals surface area contributed by atoms with E-state index in [-0.39, 0.29) is 29.7 Å². The van der Waals surface area contributed by atoms with E-state index in [0.717, 1.165) is 24.9 Å². The lowest BCUT2D eigenvalue weighted by atomic mass is 9.84. The molecular weight excluding hydrogens is 354 g/mol. The molecule has 2 atom stereocenters. The van der Waals surface area contributed by atoms with E-state index in [4.69, 9.17) is 0 Å². The Morgan fingerprint density at radius 3 is 2.21 bits per heavy atom. The van der Waals surface area contributed by atoms with Crippen LogP contribution in [0.2, 0.25) is 0 Å². The zero-order valence-corrected chi connectivity index (χ0v) is 15.8. The summed E-state index contributed by atoms with van der Waals surface area (Å²) >= 11 is 0. The van der Waals surface area contributed by atoms with E-state index < -0.39 is 0 Å². The molecule has 0 aromatic heterocycles. The number of imide groups is 1. The fraction of sp³-hybridized carbons (Fsp3) is 0.318. The van der Waals surface area contributed by atoms with Crippen molar-refractivity contribution in [2.24, 2.45) is 5.92 Å². The number of anilines is 1.